The van der Waals surface area contributed by atoms with Gasteiger partial charge in [0.25, 0.3) is 0 Å². The number of rotatable bonds is 6. The highest BCUT2D eigenvalue weighted by molar-refractivity contribution is 5.12. The Labute approximate surface area is 96.5 Å². The summed E-state index contributed by atoms with van der Waals surface area (Å²) >= 11 is 0. The van der Waals surface area contributed by atoms with E-state index in [1.54, 1.807) is 11.1 Å². The highest BCUT2D eigenvalue weighted by Crippen LogP contribution is 2.21. The summed E-state index contributed by atoms with van der Waals surface area (Å²) < 4.78 is 0. The van der Waals surface area contributed by atoms with Gasteiger partial charge in [0, 0.05) is 0 Å². The van der Waals surface area contributed by atoms with E-state index in [4.69, 9.17) is 0 Å². The molecule has 0 heterocycles. The molecule has 0 spiro atoms. The summed E-state index contributed by atoms with van der Waals surface area (Å²) in [5.41, 5.74) is 4.70. The molecule has 0 aromatic heterocycles. The van der Waals surface area contributed by atoms with E-state index in [1.807, 2.05) is 0 Å². The lowest BCUT2D eigenvalue weighted by molar-refractivity contribution is 0.553. The second kappa shape index (κ2) is 7.73. The molecule has 0 N–H and O–H groups in total. The molecule has 0 aliphatic rings. The maximum Gasteiger partial charge on any atom is -0.0283 e. The van der Waals surface area contributed by atoms with Crippen molar-refractivity contribution in [1.29, 1.82) is 0 Å². The third-order valence-electron chi connectivity index (χ3n) is 3.47. The fraction of sp³-hybridized carbons (Fsp3) is 0.733. The molecular weight excluding hydrogens is 180 g/mol. The summed E-state index contributed by atoms with van der Waals surface area (Å²) in [4.78, 5) is 0. The van der Waals surface area contributed by atoms with Crippen molar-refractivity contribution in [3.05, 3.63) is 22.8 Å². The van der Waals surface area contributed by atoms with Gasteiger partial charge >= 0.3 is 0 Å². The topological polar surface area (TPSA) is 0 Å². The van der Waals surface area contributed by atoms with E-state index >= 15 is 0 Å². The van der Waals surface area contributed by atoms with Crippen molar-refractivity contribution >= 4 is 0 Å². The number of hydrogen-bond donors (Lipinski definition) is 0. The van der Waals surface area contributed by atoms with Gasteiger partial charge in [-0.05, 0) is 52.9 Å². The van der Waals surface area contributed by atoms with Gasteiger partial charge in [0.2, 0.25) is 0 Å². The number of allylic oxidation sites excluding steroid dienone is 4. The van der Waals surface area contributed by atoms with Crippen molar-refractivity contribution in [3.63, 3.8) is 0 Å². The molecule has 0 amide bonds. The maximum absolute atomic E-state index is 2.34. The van der Waals surface area contributed by atoms with E-state index in [0.29, 0.717) is 0 Å². The molecule has 0 aliphatic heterocycles. The Balaban J connectivity index is 4.14. The van der Waals surface area contributed by atoms with E-state index < -0.39 is 0 Å². The predicted octanol–water partition coefficient (Wildman–Crippen LogP) is 5.51. The minimum Gasteiger partial charge on any atom is -0.0887 e. The van der Waals surface area contributed by atoms with Gasteiger partial charge in [-0.15, -0.1) is 0 Å². The molecule has 0 saturated carbocycles. The third kappa shape index (κ3) is 6.54. The van der Waals surface area contributed by atoms with Crippen LogP contribution in [0.25, 0.3) is 0 Å². The van der Waals surface area contributed by atoms with Gasteiger partial charge < -0.3 is 0 Å². The summed E-state index contributed by atoms with van der Waals surface area (Å²) in [7, 11) is 0. The van der Waals surface area contributed by atoms with Crippen LogP contribution in [0.15, 0.2) is 22.8 Å². The van der Waals surface area contributed by atoms with Crippen LogP contribution in [0.3, 0.4) is 0 Å². The zero-order valence-electron chi connectivity index (χ0n) is 11.5. The van der Waals surface area contributed by atoms with Crippen molar-refractivity contribution in [3.8, 4) is 0 Å². The molecule has 88 valence electrons. The first-order valence-corrected chi connectivity index (χ1v) is 6.28. The molecule has 0 bridgehead atoms. The quantitative estimate of drug-likeness (QED) is 0.505. The van der Waals surface area contributed by atoms with Crippen LogP contribution in [-0.2, 0) is 0 Å². The van der Waals surface area contributed by atoms with Crippen molar-refractivity contribution in [1.82, 2.24) is 0 Å². The summed E-state index contributed by atoms with van der Waals surface area (Å²) in [6.45, 7) is 13.6. The highest BCUT2D eigenvalue weighted by Gasteiger charge is 2.03. The van der Waals surface area contributed by atoms with Gasteiger partial charge in [-0.1, -0.05) is 43.1 Å². The van der Waals surface area contributed by atoms with Gasteiger partial charge in [0.1, 0.15) is 0 Å². The maximum atomic E-state index is 2.34. The Kier molecular flexibility index (Phi) is 7.46. The lowest BCUT2D eigenvalue weighted by Gasteiger charge is -2.12. The third-order valence-corrected chi connectivity index (χ3v) is 3.47. The van der Waals surface area contributed by atoms with Crippen molar-refractivity contribution < 1.29 is 0 Å². The van der Waals surface area contributed by atoms with Crippen LogP contribution in [0.4, 0.5) is 0 Å². The highest BCUT2D eigenvalue weighted by atomic mass is 14.1. The monoisotopic (exact) mass is 208 g/mol. The van der Waals surface area contributed by atoms with Crippen LogP contribution in [0, 0.1) is 5.92 Å². The fourth-order valence-corrected chi connectivity index (χ4v) is 1.58. The zero-order chi connectivity index (χ0) is 11.8. The molecule has 15 heavy (non-hydrogen) atoms. The molecule has 0 heteroatoms. The first kappa shape index (κ1) is 14.5. The zero-order valence-corrected chi connectivity index (χ0v) is 11.5. The SMILES string of the molecule is C/C=C(\C)CC/C(C)=C(\C)CC(C)CC. The molecule has 1 unspecified atom stereocenters. The summed E-state index contributed by atoms with van der Waals surface area (Å²) in [6.07, 6.45) is 7.24. The normalized spacial score (nSPS) is 16.3. The van der Waals surface area contributed by atoms with Crippen LogP contribution in [0.5, 0.6) is 0 Å². The molecule has 0 rings (SSSR count). The van der Waals surface area contributed by atoms with Crippen LogP contribution in [0.2, 0.25) is 0 Å². The Hall–Kier alpha value is -0.520. The van der Waals surface area contributed by atoms with Crippen LogP contribution >= 0.6 is 0 Å². The summed E-state index contributed by atoms with van der Waals surface area (Å²) in [5.74, 6) is 0.836. The lowest BCUT2D eigenvalue weighted by Crippen LogP contribution is -1.95. The Morgan fingerprint density at radius 2 is 1.67 bits per heavy atom. The van der Waals surface area contributed by atoms with Gasteiger partial charge in [-0.3, -0.25) is 0 Å². The minimum atomic E-state index is 0.836. The molecule has 0 radical (unpaired) electrons. The van der Waals surface area contributed by atoms with Gasteiger partial charge in [-0.2, -0.15) is 0 Å². The molecule has 0 fully saturated rings. The largest absolute Gasteiger partial charge is 0.0887 e. The van der Waals surface area contributed by atoms with E-state index in [2.05, 4.69) is 47.6 Å². The van der Waals surface area contributed by atoms with Gasteiger partial charge in [0.05, 0.1) is 0 Å². The average molecular weight is 208 g/mol. The van der Waals surface area contributed by atoms with Crippen LogP contribution in [0.1, 0.15) is 67.2 Å². The minimum absolute atomic E-state index is 0.836. The number of hydrogen-bond acceptors (Lipinski definition) is 0. The summed E-state index contributed by atoms with van der Waals surface area (Å²) in [6, 6.07) is 0. The van der Waals surface area contributed by atoms with Crippen LogP contribution < -0.4 is 0 Å². The molecule has 0 nitrogen and oxygen atoms in total. The lowest BCUT2D eigenvalue weighted by atomic mass is 9.94. The second-order valence-electron chi connectivity index (χ2n) is 4.91. The second-order valence-corrected chi connectivity index (χ2v) is 4.91. The Morgan fingerprint density at radius 1 is 1.07 bits per heavy atom. The van der Waals surface area contributed by atoms with Crippen LogP contribution in [-0.4, -0.2) is 0 Å². The molecule has 0 saturated heterocycles. The molecule has 0 aromatic carbocycles. The Morgan fingerprint density at radius 3 is 2.13 bits per heavy atom. The van der Waals surface area contributed by atoms with Crippen molar-refractivity contribution in [2.45, 2.75) is 67.2 Å². The average Bonchev–Trinajstić information content (AvgIpc) is 2.24. The molecule has 0 aliphatic carbocycles. The summed E-state index contributed by atoms with van der Waals surface area (Å²) in [5, 5.41) is 0. The first-order chi connectivity index (χ1) is 7.01. The van der Waals surface area contributed by atoms with Crippen molar-refractivity contribution in [2.75, 3.05) is 0 Å². The van der Waals surface area contributed by atoms with E-state index in [0.717, 1.165) is 5.92 Å². The molecule has 1 atom stereocenters. The smallest absolute Gasteiger partial charge is 0.0283 e. The Bertz CT molecular complexity index is 230. The van der Waals surface area contributed by atoms with E-state index in [9.17, 15) is 0 Å². The fourth-order valence-electron chi connectivity index (χ4n) is 1.58. The molecular formula is C15H28. The van der Waals surface area contributed by atoms with Crippen molar-refractivity contribution in [2.24, 2.45) is 5.92 Å². The standard InChI is InChI=1S/C15H28/c1-7-12(3)9-10-14(5)15(6)11-13(4)8-2/h7,13H,8-11H2,1-6H3/b12-7+,15-14+. The van der Waals surface area contributed by atoms with E-state index in [1.165, 1.54) is 31.3 Å². The van der Waals surface area contributed by atoms with E-state index in [-0.39, 0.29) is 0 Å². The first-order valence-electron chi connectivity index (χ1n) is 6.28. The van der Waals surface area contributed by atoms with Gasteiger partial charge in [-0.25, -0.2) is 0 Å². The van der Waals surface area contributed by atoms with Gasteiger partial charge in [0.15, 0.2) is 0 Å². The predicted molar refractivity (Wildman–Crippen MR) is 71.1 cm³/mol. The molecule has 0 aromatic rings.